The van der Waals surface area contributed by atoms with Gasteiger partial charge in [0, 0.05) is 15.5 Å². The van der Waals surface area contributed by atoms with E-state index in [1.54, 1.807) is 11.3 Å². The van der Waals surface area contributed by atoms with E-state index in [-0.39, 0.29) is 5.54 Å². The third-order valence-corrected chi connectivity index (χ3v) is 5.28. The molecule has 1 aromatic carbocycles. The summed E-state index contributed by atoms with van der Waals surface area (Å²) in [6.45, 7) is 2.11. The maximum absolute atomic E-state index is 6.49. The van der Waals surface area contributed by atoms with Gasteiger partial charge in [-0.3, -0.25) is 0 Å². The fourth-order valence-corrected chi connectivity index (χ4v) is 3.93. The van der Waals surface area contributed by atoms with Crippen LogP contribution in [0.1, 0.15) is 35.6 Å². The molecule has 100 valence electrons. The van der Waals surface area contributed by atoms with Crippen molar-refractivity contribution in [2.75, 3.05) is 0 Å². The normalized spacial score (nSPS) is 17.8. The lowest BCUT2D eigenvalue weighted by Crippen LogP contribution is -2.32. The maximum atomic E-state index is 6.49. The molecule has 1 aromatic heterocycles. The molecule has 1 saturated carbocycles. The van der Waals surface area contributed by atoms with Crippen LogP contribution in [0, 0.1) is 6.92 Å². The molecule has 0 amide bonds. The number of benzene rings is 1. The lowest BCUT2D eigenvalue weighted by Gasteiger charge is -2.19. The molecule has 0 bridgehead atoms. The van der Waals surface area contributed by atoms with E-state index < -0.39 is 0 Å². The summed E-state index contributed by atoms with van der Waals surface area (Å²) in [6.07, 6.45) is 4.54. The average molecular weight is 293 g/mol. The van der Waals surface area contributed by atoms with Crippen LogP contribution in [0.2, 0.25) is 5.02 Å². The molecule has 0 radical (unpaired) electrons. The molecule has 1 heterocycles. The van der Waals surface area contributed by atoms with Gasteiger partial charge in [-0.2, -0.15) is 0 Å². The van der Waals surface area contributed by atoms with Crippen LogP contribution in [0.5, 0.6) is 0 Å². The summed E-state index contributed by atoms with van der Waals surface area (Å²) in [6, 6.07) is 7.85. The minimum atomic E-state index is -0.194. The molecule has 2 N–H and O–H groups in total. The van der Waals surface area contributed by atoms with E-state index in [0.29, 0.717) is 0 Å². The second kappa shape index (κ2) is 4.89. The Morgan fingerprint density at radius 1 is 1.21 bits per heavy atom. The molecule has 1 fully saturated rings. The van der Waals surface area contributed by atoms with E-state index in [1.165, 1.54) is 17.7 Å². The van der Waals surface area contributed by atoms with Gasteiger partial charge in [-0.1, -0.05) is 36.6 Å². The molecule has 0 spiro atoms. The van der Waals surface area contributed by atoms with Crippen LogP contribution in [0.4, 0.5) is 0 Å². The molecule has 0 aliphatic heterocycles. The molecule has 3 rings (SSSR count). The number of aryl methyl sites for hydroxylation is 1. The number of nitrogens with zero attached hydrogens (tertiary/aromatic N) is 1. The predicted octanol–water partition coefficient (Wildman–Crippen LogP) is 4.50. The SMILES string of the molecule is Cc1sc(C2(N)CCCC2)nc1-c1ccc(Cl)cc1. The Labute approximate surface area is 122 Å². The highest BCUT2D eigenvalue weighted by atomic mass is 35.5. The van der Waals surface area contributed by atoms with Crippen LogP contribution in [0.15, 0.2) is 24.3 Å². The Balaban J connectivity index is 1.99. The van der Waals surface area contributed by atoms with Gasteiger partial charge in [0.1, 0.15) is 5.01 Å². The lowest BCUT2D eigenvalue weighted by molar-refractivity contribution is 0.459. The largest absolute Gasteiger partial charge is 0.319 e. The maximum Gasteiger partial charge on any atom is 0.113 e. The minimum absolute atomic E-state index is 0.194. The molecule has 4 heteroatoms. The smallest absolute Gasteiger partial charge is 0.113 e. The van der Waals surface area contributed by atoms with Crippen LogP contribution < -0.4 is 5.73 Å². The fourth-order valence-electron chi connectivity index (χ4n) is 2.70. The van der Waals surface area contributed by atoms with E-state index in [1.807, 2.05) is 24.3 Å². The second-order valence-electron chi connectivity index (χ2n) is 5.29. The highest BCUT2D eigenvalue weighted by Crippen LogP contribution is 2.40. The molecule has 0 unspecified atom stereocenters. The predicted molar refractivity (Wildman–Crippen MR) is 81.6 cm³/mol. The summed E-state index contributed by atoms with van der Waals surface area (Å²) < 4.78 is 0. The Morgan fingerprint density at radius 3 is 2.47 bits per heavy atom. The van der Waals surface area contributed by atoms with Crippen LogP contribution >= 0.6 is 22.9 Å². The summed E-state index contributed by atoms with van der Waals surface area (Å²) in [5, 5.41) is 1.84. The molecule has 1 aliphatic carbocycles. The summed E-state index contributed by atoms with van der Waals surface area (Å²) in [5.41, 5.74) is 8.46. The zero-order valence-electron chi connectivity index (χ0n) is 10.9. The van der Waals surface area contributed by atoms with E-state index in [0.717, 1.165) is 34.1 Å². The number of aromatic nitrogens is 1. The van der Waals surface area contributed by atoms with Gasteiger partial charge in [0.05, 0.1) is 11.2 Å². The van der Waals surface area contributed by atoms with Gasteiger partial charge in [-0.15, -0.1) is 11.3 Å². The Kier molecular flexibility index (Phi) is 3.37. The molecule has 1 aliphatic rings. The van der Waals surface area contributed by atoms with Gasteiger partial charge in [-0.05, 0) is 31.9 Å². The Hall–Kier alpha value is -0.900. The van der Waals surface area contributed by atoms with E-state index in [2.05, 4.69) is 6.92 Å². The van der Waals surface area contributed by atoms with Gasteiger partial charge < -0.3 is 5.73 Å². The van der Waals surface area contributed by atoms with Crippen molar-refractivity contribution in [2.45, 2.75) is 38.1 Å². The number of nitrogens with two attached hydrogens (primary N) is 1. The molecule has 0 atom stereocenters. The molecule has 19 heavy (non-hydrogen) atoms. The first-order chi connectivity index (χ1) is 9.08. The van der Waals surface area contributed by atoms with Crippen molar-refractivity contribution in [1.82, 2.24) is 4.98 Å². The second-order valence-corrected chi connectivity index (χ2v) is 6.93. The minimum Gasteiger partial charge on any atom is -0.319 e. The van der Waals surface area contributed by atoms with Crippen molar-refractivity contribution < 1.29 is 0 Å². The van der Waals surface area contributed by atoms with Gasteiger partial charge in [-0.25, -0.2) is 4.98 Å². The highest BCUT2D eigenvalue weighted by Gasteiger charge is 2.34. The molecule has 0 saturated heterocycles. The zero-order chi connectivity index (χ0) is 13.5. The first kappa shape index (κ1) is 13.1. The molecule has 2 aromatic rings. The number of thiazole rings is 1. The van der Waals surface area contributed by atoms with Crippen LogP contribution in [0.3, 0.4) is 0 Å². The summed E-state index contributed by atoms with van der Waals surface area (Å²) >= 11 is 7.67. The summed E-state index contributed by atoms with van der Waals surface area (Å²) in [7, 11) is 0. The van der Waals surface area contributed by atoms with Crippen molar-refractivity contribution in [3.8, 4) is 11.3 Å². The van der Waals surface area contributed by atoms with Gasteiger partial charge in [0.25, 0.3) is 0 Å². The molecule has 2 nitrogen and oxygen atoms in total. The van der Waals surface area contributed by atoms with Gasteiger partial charge in [0.15, 0.2) is 0 Å². The number of hydrogen-bond acceptors (Lipinski definition) is 3. The Morgan fingerprint density at radius 2 is 1.84 bits per heavy atom. The van der Waals surface area contributed by atoms with Gasteiger partial charge >= 0.3 is 0 Å². The first-order valence-electron chi connectivity index (χ1n) is 6.61. The molecular weight excluding hydrogens is 276 g/mol. The number of rotatable bonds is 2. The average Bonchev–Trinajstić information content (AvgIpc) is 2.98. The third kappa shape index (κ3) is 2.42. The molecular formula is C15H17ClN2S. The van der Waals surface area contributed by atoms with Crippen molar-refractivity contribution in [3.05, 3.63) is 39.2 Å². The highest BCUT2D eigenvalue weighted by molar-refractivity contribution is 7.12. The van der Waals surface area contributed by atoms with Crippen LogP contribution in [-0.2, 0) is 5.54 Å². The van der Waals surface area contributed by atoms with Crippen molar-refractivity contribution in [1.29, 1.82) is 0 Å². The van der Waals surface area contributed by atoms with E-state index in [4.69, 9.17) is 22.3 Å². The van der Waals surface area contributed by atoms with Crippen LogP contribution in [0.25, 0.3) is 11.3 Å². The summed E-state index contributed by atoms with van der Waals surface area (Å²) in [5.74, 6) is 0. The lowest BCUT2D eigenvalue weighted by atomic mass is 10.0. The Bertz CT molecular complexity index is 583. The van der Waals surface area contributed by atoms with Crippen molar-refractivity contribution in [3.63, 3.8) is 0 Å². The third-order valence-electron chi connectivity index (χ3n) is 3.84. The van der Waals surface area contributed by atoms with E-state index in [9.17, 15) is 0 Å². The number of halogens is 1. The topological polar surface area (TPSA) is 38.9 Å². The quantitative estimate of drug-likeness (QED) is 0.885. The number of hydrogen-bond donors (Lipinski definition) is 1. The standard InChI is InChI=1S/C15H17ClN2S/c1-10-13(11-4-6-12(16)7-5-11)18-14(19-10)15(17)8-2-3-9-15/h4-7H,2-3,8-9,17H2,1H3. The van der Waals surface area contributed by atoms with Gasteiger partial charge in [0.2, 0.25) is 0 Å². The van der Waals surface area contributed by atoms with Crippen molar-refractivity contribution in [2.24, 2.45) is 5.73 Å². The van der Waals surface area contributed by atoms with E-state index >= 15 is 0 Å². The van der Waals surface area contributed by atoms with Crippen molar-refractivity contribution >= 4 is 22.9 Å². The first-order valence-corrected chi connectivity index (χ1v) is 7.81. The monoisotopic (exact) mass is 292 g/mol. The fraction of sp³-hybridized carbons (Fsp3) is 0.400. The van der Waals surface area contributed by atoms with Crippen LogP contribution in [-0.4, -0.2) is 4.98 Å². The zero-order valence-corrected chi connectivity index (χ0v) is 12.5. The summed E-state index contributed by atoms with van der Waals surface area (Å²) in [4.78, 5) is 6.04.